The zero-order valence-corrected chi connectivity index (χ0v) is 14.1. The lowest BCUT2D eigenvalue weighted by Gasteiger charge is -2.12. The zero-order chi connectivity index (χ0) is 16.6. The van der Waals surface area contributed by atoms with Gasteiger partial charge in [-0.1, -0.05) is 18.2 Å². The minimum absolute atomic E-state index is 0.0379. The first kappa shape index (κ1) is 15.8. The number of carbonyl (C=O) groups is 1. The Kier molecular flexibility index (Phi) is 4.02. The fourth-order valence-electron chi connectivity index (χ4n) is 3.14. The number of carbonyl (C=O) groups excluding carboxylic acids is 1. The Morgan fingerprint density at radius 1 is 1.22 bits per heavy atom. The molecule has 1 aliphatic rings. The predicted molar refractivity (Wildman–Crippen MR) is 89.8 cm³/mol. The number of nitrogens with one attached hydrogen (secondary N) is 1. The molecule has 1 unspecified atom stereocenters. The molecule has 1 fully saturated rings. The van der Waals surface area contributed by atoms with Crippen LogP contribution in [0.5, 0.6) is 0 Å². The van der Waals surface area contributed by atoms with Gasteiger partial charge in [0.1, 0.15) is 0 Å². The molecule has 1 aromatic carbocycles. The summed E-state index contributed by atoms with van der Waals surface area (Å²) in [6, 6.07) is 11.4. The third-order valence-corrected chi connectivity index (χ3v) is 6.03. The molecule has 1 aliphatic heterocycles. The second-order valence-corrected chi connectivity index (χ2v) is 8.26. The van der Waals surface area contributed by atoms with Crippen LogP contribution in [0, 0.1) is 13.8 Å². The lowest BCUT2D eigenvalue weighted by molar-refractivity contribution is 0.0940. The number of sulfone groups is 1. The van der Waals surface area contributed by atoms with E-state index in [4.69, 9.17) is 0 Å². The van der Waals surface area contributed by atoms with Crippen LogP contribution in [0.15, 0.2) is 36.4 Å². The fraction of sp³-hybridized carbons (Fsp3) is 0.353. The second kappa shape index (κ2) is 5.85. The summed E-state index contributed by atoms with van der Waals surface area (Å²) in [7, 11) is -3.00. The van der Waals surface area contributed by atoms with E-state index in [0.29, 0.717) is 12.0 Å². The smallest absolute Gasteiger partial charge is 0.253 e. The van der Waals surface area contributed by atoms with E-state index in [1.165, 1.54) is 0 Å². The molecule has 122 valence electrons. The molecule has 5 nitrogen and oxygen atoms in total. The predicted octanol–water partition coefficient (Wildman–Crippen LogP) is 2.01. The molecule has 1 aromatic heterocycles. The molecule has 0 saturated carbocycles. The van der Waals surface area contributed by atoms with Gasteiger partial charge in [-0.3, -0.25) is 4.79 Å². The molecule has 1 atom stereocenters. The molecule has 3 rings (SSSR count). The third-order valence-electron chi connectivity index (χ3n) is 4.26. The van der Waals surface area contributed by atoms with Crippen molar-refractivity contribution in [3.8, 4) is 5.69 Å². The number of para-hydroxylation sites is 1. The molecular formula is C17H20N2O3S. The first-order valence-corrected chi connectivity index (χ1v) is 9.45. The number of nitrogens with zero attached hydrogens (tertiary/aromatic N) is 1. The molecule has 2 heterocycles. The SMILES string of the molecule is Cc1cc(C(=O)NC2CCS(=O)(=O)C2)c(C)n1-c1ccccc1. The molecule has 0 aliphatic carbocycles. The molecule has 1 amide bonds. The number of benzene rings is 1. The van der Waals surface area contributed by atoms with E-state index >= 15 is 0 Å². The Labute approximate surface area is 136 Å². The van der Waals surface area contributed by atoms with Crippen molar-refractivity contribution < 1.29 is 13.2 Å². The molecular weight excluding hydrogens is 312 g/mol. The topological polar surface area (TPSA) is 68.2 Å². The van der Waals surface area contributed by atoms with Gasteiger partial charge in [0.25, 0.3) is 5.91 Å². The van der Waals surface area contributed by atoms with Crippen LogP contribution in [-0.2, 0) is 9.84 Å². The van der Waals surface area contributed by atoms with Crippen LogP contribution in [0.3, 0.4) is 0 Å². The van der Waals surface area contributed by atoms with Crippen LogP contribution in [-0.4, -0.2) is 36.4 Å². The molecule has 1 N–H and O–H groups in total. The van der Waals surface area contributed by atoms with Crippen LogP contribution in [0.2, 0.25) is 0 Å². The quantitative estimate of drug-likeness (QED) is 0.935. The van der Waals surface area contributed by atoms with E-state index in [2.05, 4.69) is 5.32 Å². The summed E-state index contributed by atoms with van der Waals surface area (Å²) < 4.78 is 25.1. The van der Waals surface area contributed by atoms with Crippen molar-refractivity contribution in [3.63, 3.8) is 0 Å². The Hall–Kier alpha value is -2.08. The Balaban J connectivity index is 1.85. The van der Waals surface area contributed by atoms with Crippen LogP contribution >= 0.6 is 0 Å². The average Bonchev–Trinajstić information content (AvgIpc) is 2.99. The van der Waals surface area contributed by atoms with Gasteiger partial charge in [0, 0.05) is 23.1 Å². The molecule has 1 saturated heterocycles. The van der Waals surface area contributed by atoms with Gasteiger partial charge >= 0.3 is 0 Å². The maximum atomic E-state index is 12.5. The van der Waals surface area contributed by atoms with Crippen LogP contribution in [0.1, 0.15) is 28.2 Å². The molecule has 0 spiro atoms. The highest BCUT2D eigenvalue weighted by Crippen LogP contribution is 2.21. The molecule has 23 heavy (non-hydrogen) atoms. The van der Waals surface area contributed by atoms with Crippen molar-refractivity contribution in [1.82, 2.24) is 9.88 Å². The Morgan fingerprint density at radius 3 is 2.52 bits per heavy atom. The number of aryl methyl sites for hydroxylation is 1. The average molecular weight is 332 g/mol. The third kappa shape index (κ3) is 3.17. The molecule has 6 heteroatoms. The first-order valence-electron chi connectivity index (χ1n) is 7.63. The minimum atomic E-state index is -3.00. The van der Waals surface area contributed by atoms with Gasteiger partial charge in [0.15, 0.2) is 9.84 Å². The highest BCUT2D eigenvalue weighted by molar-refractivity contribution is 7.91. The fourth-order valence-corrected chi connectivity index (χ4v) is 4.81. The monoisotopic (exact) mass is 332 g/mol. The summed E-state index contributed by atoms with van der Waals surface area (Å²) >= 11 is 0. The van der Waals surface area contributed by atoms with Crippen molar-refractivity contribution in [3.05, 3.63) is 53.3 Å². The van der Waals surface area contributed by atoms with Gasteiger partial charge in [-0.2, -0.15) is 0 Å². The number of hydrogen-bond donors (Lipinski definition) is 1. The van der Waals surface area contributed by atoms with E-state index in [1.54, 1.807) is 0 Å². The van der Waals surface area contributed by atoms with Crippen LogP contribution < -0.4 is 5.32 Å². The minimum Gasteiger partial charge on any atom is -0.348 e. The number of aromatic nitrogens is 1. The van der Waals surface area contributed by atoms with Crippen LogP contribution in [0.25, 0.3) is 5.69 Å². The van der Waals surface area contributed by atoms with Crippen LogP contribution in [0.4, 0.5) is 0 Å². The maximum absolute atomic E-state index is 12.5. The summed E-state index contributed by atoms with van der Waals surface area (Å²) in [5.74, 6) is -0.0145. The summed E-state index contributed by atoms with van der Waals surface area (Å²) in [6.07, 6.45) is 0.492. The Morgan fingerprint density at radius 2 is 1.91 bits per heavy atom. The number of amides is 1. The Bertz CT molecular complexity index is 838. The lowest BCUT2D eigenvalue weighted by atomic mass is 10.2. The second-order valence-electron chi connectivity index (χ2n) is 6.03. The molecule has 0 radical (unpaired) electrons. The lowest BCUT2D eigenvalue weighted by Crippen LogP contribution is -2.35. The molecule has 0 bridgehead atoms. The van der Waals surface area contributed by atoms with Crippen molar-refractivity contribution in [1.29, 1.82) is 0 Å². The van der Waals surface area contributed by atoms with Gasteiger partial charge in [-0.05, 0) is 38.5 Å². The summed E-state index contributed by atoms with van der Waals surface area (Å²) in [6.45, 7) is 3.86. The first-order chi connectivity index (χ1) is 10.9. The standard InChI is InChI=1S/C17H20N2O3S/c1-12-10-16(13(2)19(12)15-6-4-3-5-7-15)17(20)18-14-8-9-23(21,22)11-14/h3-7,10,14H,8-9,11H2,1-2H3,(H,18,20). The van der Waals surface area contributed by atoms with Gasteiger partial charge in [-0.25, -0.2) is 8.42 Å². The van der Waals surface area contributed by atoms with E-state index < -0.39 is 9.84 Å². The van der Waals surface area contributed by atoms with E-state index in [0.717, 1.165) is 17.1 Å². The highest BCUT2D eigenvalue weighted by atomic mass is 32.2. The van der Waals surface area contributed by atoms with Gasteiger partial charge in [0.05, 0.1) is 17.1 Å². The zero-order valence-electron chi connectivity index (χ0n) is 13.2. The summed E-state index contributed by atoms with van der Waals surface area (Å²) in [5, 5.41) is 2.85. The summed E-state index contributed by atoms with van der Waals surface area (Å²) in [4.78, 5) is 12.5. The normalized spacial score (nSPS) is 19.7. The van der Waals surface area contributed by atoms with E-state index in [-0.39, 0.29) is 23.5 Å². The largest absolute Gasteiger partial charge is 0.348 e. The van der Waals surface area contributed by atoms with E-state index in [9.17, 15) is 13.2 Å². The van der Waals surface area contributed by atoms with Gasteiger partial charge < -0.3 is 9.88 Å². The summed E-state index contributed by atoms with van der Waals surface area (Å²) in [5.41, 5.74) is 3.42. The maximum Gasteiger partial charge on any atom is 0.253 e. The van der Waals surface area contributed by atoms with Crippen molar-refractivity contribution >= 4 is 15.7 Å². The van der Waals surface area contributed by atoms with Gasteiger partial charge in [0.2, 0.25) is 0 Å². The number of hydrogen-bond acceptors (Lipinski definition) is 3. The van der Waals surface area contributed by atoms with Gasteiger partial charge in [-0.15, -0.1) is 0 Å². The number of rotatable bonds is 3. The molecule has 2 aromatic rings. The van der Waals surface area contributed by atoms with E-state index in [1.807, 2.05) is 54.8 Å². The van der Waals surface area contributed by atoms with Crippen molar-refractivity contribution in [2.45, 2.75) is 26.3 Å². The highest BCUT2D eigenvalue weighted by Gasteiger charge is 2.30. The van der Waals surface area contributed by atoms with Crippen molar-refractivity contribution in [2.75, 3.05) is 11.5 Å². The van der Waals surface area contributed by atoms with Crippen molar-refractivity contribution in [2.24, 2.45) is 0 Å².